The van der Waals surface area contributed by atoms with Crippen molar-refractivity contribution in [3.63, 3.8) is 0 Å². The summed E-state index contributed by atoms with van der Waals surface area (Å²) >= 11 is 5.88. The van der Waals surface area contributed by atoms with Crippen molar-refractivity contribution in [1.29, 1.82) is 0 Å². The van der Waals surface area contributed by atoms with Crippen molar-refractivity contribution >= 4 is 34.2 Å². The van der Waals surface area contributed by atoms with Crippen LogP contribution in [0.4, 0.5) is 10.2 Å². The summed E-state index contributed by atoms with van der Waals surface area (Å²) in [5, 5.41) is 4.88. The van der Waals surface area contributed by atoms with Crippen molar-refractivity contribution in [3.8, 4) is 11.6 Å². The number of rotatable bonds is 6. The minimum atomic E-state index is -0.527. The summed E-state index contributed by atoms with van der Waals surface area (Å²) in [6.07, 6.45) is 3.32. The molecule has 0 aliphatic heterocycles. The Labute approximate surface area is 189 Å². The number of fused-ring (bicyclic) bond motifs is 1. The molecule has 0 fully saturated rings. The summed E-state index contributed by atoms with van der Waals surface area (Å²) in [4.78, 5) is 20.5. The molecule has 8 heteroatoms. The topological polar surface area (TPSA) is 73.3 Å². The summed E-state index contributed by atoms with van der Waals surface area (Å²) in [7, 11) is 1.35. The normalized spacial score (nSPS) is 11.8. The highest BCUT2D eigenvalue weighted by Gasteiger charge is 2.15. The van der Waals surface area contributed by atoms with Gasteiger partial charge in [-0.1, -0.05) is 23.7 Å². The molecule has 1 N–H and O–H groups in total. The van der Waals surface area contributed by atoms with Gasteiger partial charge in [0.2, 0.25) is 5.88 Å². The zero-order valence-electron chi connectivity index (χ0n) is 17.3. The standard InChI is InChI=1S/C24H19ClFN3O3/c1-14(15-3-5-17(6-4-15)24(30)31-2)29-22-21-16(9-11-27-22)10-12-28-23(21)32-18-7-8-20(26)19(25)13-18/h3-14H,1-2H3,(H,27,29)/t14-/m0/s1. The van der Waals surface area contributed by atoms with Crippen molar-refractivity contribution in [3.05, 3.63) is 89.0 Å². The predicted molar refractivity (Wildman–Crippen MR) is 121 cm³/mol. The van der Waals surface area contributed by atoms with Gasteiger partial charge in [-0.05, 0) is 54.3 Å². The van der Waals surface area contributed by atoms with E-state index >= 15 is 0 Å². The number of benzene rings is 2. The van der Waals surface area contributed by atoms with Gasteiger partial charge in [-0.25, -0.2) is 19.2 Å². The third kappa shape index (κ3) is 4.48. The monoisotopic (exact) mass is 451 g/mol. The molecule has 0 radical (unpaired) electrons. The number of ether oxygens (including phenoxy) is 2. The number of carbonyl (C=O) groups excluding carboxylic acids is 1. The molecule has 2 heterocycles. The van der Waals surface area contributed by atoms with Gasteiger partial charge in [0.1, 0.15) is 17.4 Å². The van der Waals surface area contributed by atoms with Crippen LogP contribution in [0.3, 0.4) is 0 Å². The van der Waals surface area contributed by atoms with Gasteiger partial charge in [-0.15, -0.1) is 0 Å². The molecule has 1 atom stereocenters. The van der Waals surface area contributed by atoms with Gasteiger partial charge in [-0.3, -0.25) is 0 Å². The van der Waals surface area contributed by atoms with Crippen LogP contribution in [0, 0.1) is 5.82 Å². The van der Waals surface area contributed by atoms with Crippen LogP contribution in [0.5, 0.6) is 11.6 Å². The summed E-state index contributed by atoms with van der Waals surface area (Å²) < 4.78 is 24.2. The molecule has 0 saturated heterocycles. The Bertz CT molecular complexity index is 1280. The zero-order valence-corrected chi connectivity index (χ0v) is 18.1. The second kappa shape index (κ2) is 9.20. The minimum absolute atomic E-state index is 0.0387. The molecule has 0 saturated carbocycles. The van der Waals surface area contributed by atoms with Crippen LogP contribution in [0.25, 0.3) is 10.8 Å². The number of carbonyl (C=O) groups is 1. The number of nitrogens with one attached hydrogen (secondary N) is 1. The highest BCUT2D eigenvalue weighted by molar-refractivity contribution is 6.30. The van der Waals surface area contributed by atoms with Gasteiger partial charge >= 0.3 is 5.97 Å². The van der Waals surface area contributed by atoms with Gasteiger partial charge in [0.25, 0.3) is 0 Å². The number of esters is 1. The Morgan fingerprint density at radius 3 is 2.47 bits per heavy atom. The lowest BCUT2D eigenvalue weighted by Gasteiger charge is -2.18. The number of methoxy groups -OCH3 is 1. The molecule has 0 amide bonds. The van der Waals surface area contributed by atoms with Crippen LogP contribution in [-0.4, -0.2) is 23.0 Å². The Balaban J connectivity index is 1.65. The molecule has 0 unspecified atom stereocenters. The van der Waals surface area contributed by atoms with E-state index in [1.807, 2.05) is 31.2 Å². The van der Waals surface area contributed by atoms with E-state index in [0.29, 0.717) is 28.4 Å². The fraction of sp³-hybridized carbons (Fsp3) is 0.125. The summed E-state index contributed by atoms with van der Waals surface area (Å²) in [6.45, 7) is 1.98. The van der Waals surface area contributed by atoms with Crippen LogP contribution in [-0.2, 0) is 4.74 Å². The number of hydrogen-bond donors (Lipinski definition) is 1. The van der Waals surface area contributed by atoms with Crippen molar-refractivity contribution in [2.45, 2.75) is 13.0 Å². The van der Waals surface area contributed by atoms with E-state index in [2.05, 4.69) is 15.3 Å². The maximum atomic E-state index is 13.5. The molecule has 4 rings (SSSR count). The lowest BCUT2D eigenvalue weighted by atomic mass is 10.1. The first-order valence-corrected chi connectivity index (χ1v) is 10.2. The van der Waals surface area contributed by atoms with Crippen LogP contribution in [0.2, 0.25) is 5.02 Å². The second-order valence-electron chi connectivity index (χ2n) is 7.03. The number of nitrogens with zero attached hydrogens (tertiary/aromatic N) is 2. The van der Waals surface area contributed by atoms with Gasteiger partial charge in [-0.2, -0.15) is 0 Å². The first-order valence-electron chi connectivity index (χ1n) is 9.77. The second-order valence-corrected chi connectivity index (χ2v) is 7.44. The van der Waals surface area contributed by atoms with E-state index in [-0.39, 0.29) is 17.0 Å². The smallest absolute Gasteiger partial charge is 0.337 e. The van der Waals surface area contributed by atoms with E-state index in [1.165, 1.54) is 25.3 Å². The number of halogens is 2. The SMILES string of the molecule is COC(=O)c1ccc([C@H](C)Nc2nccc3ccnc(Oc4ccc(F)c(Cl)c4)c23)cc1. The zero-order chi connectivity index (χ0) is 22.7. The van der Waals surface area contributed by atoms with Crippen molar-refractivity contribution in [1.82, 2.24) is 9.97 Å². The molecule has 2 aromatic heterocycles. The fourth-order valence-corrected chi connectivity index (χ4v) is 3.41. The molecular weight excluding hydrogens is 433 g/mol. The molecule has 6 nitrogen and oxygen atoms in total. The first-order chi connectivity index (χ1) is 15.5. The van der Waals surface area contributed by atoms with Crippen LogP contribution in [0.15, 0.2) is 67.0 Å². The molecule has 0 spiro atoms. The van der Waals surface area contributed by atoms with E-state index in [4.69, 9.17) is 21.1 Å². The number of anilines is 1. The number of hydrogen-bond acceptors (Lipinski definition) is 6. The molecule has 2 aromatic carbocycles. The molecule has 162 valence electrons. The maximum absolute atomic E-state index is 13.5. The van der Waals surface area contributed by atoms with Crippen molar-refractivity contribution in [2.24, 2.45) is 0 Å². The lowest BCUT2D eigenvalue weighted by molar-refractivity contribution is 0.0600. The highest BCUT2D eigenvalue weighted by atomic mass is 35.5. The van der Waals surface area contributed by atoms with Gasteiger partial charge in [0, 0.05) is 24.5 Å². The Morgan fingerprint density at radius 1 is 1.06 bits per heavy atom. The average Bonchev–Trinajstić information content (AvgIpc) is 2.81. The van der Waals surface area contributed by atoms with Gasteiger partial charge in [0.05, 0.1) is 23.1 Å². The molecule has 0 bridgehead atoms. The third-order valence-corrected chi connectivity index (χ3v) is 5.22. The molecule has 4 aromatic rings. The van der Waals surface area contributed by atoms with Crippen LogP contribution in [0.1, 0.15) is 28.9 Å². The molecule has 0 aliphatic carbocycles. The van der Waals surface area contributed by atoms with E-state index in [0.717, 1.165) is 10.9 Å². The number of aromatic nitrogens is 2. The Morgan fingerprint density at radius 2 is 1.78 bits per heavy atom. The largest absolute Gasteiger partial charge is 0.465 e. The number of pyridine rings is 2. The van der Waals surface area contributed by atoms with Crippen LogP contribution < -0.4 is 10.1 Å². The minimum Gasteiger partial charge on any atom is -0.465 e. The predicted octanol–water partition coefficient (Wildman–Crippen LogP) is 6.17. The van der Waals surface area contributed by atoms with Gasteiger partial charge < -0.3 is 14.8 Å². The summed E-state index contributed by atoms with van der Waals surface area (Å²) in [6, 6.07) is 14.8. The fourth-order valence-electron chi connectivity index (χ4n) is 3.24. The first kappa shape index (κ1) is 21.5. The molecule has 32 heavy (non-hydrogen) atoms. The maximum Gasteiger partial charge on any atom is 0.337 e. The molecule has 0 aliphatic rings. The quantitative estimate of drug-likeness (QED) is 0.353. The summed E-state index contributed by atoms with van der Waals surface area (Å²) in [5.74, 6) is 0.331. The Hall–Kier alpha value is -3.71. The Kier molecular flexibility index (Phi) is 6.18. The summed E-state index contributed by atoms with van der Waals surface area (Å²) in [5.41, 5.74) is 1.43. The van der Waals surface area contributed by atoms with Crippen molar-refractivity contribution in [2.75, 3.05) is 12.4 Å². The van der Waals surface area contributed by atoms with Gasteiger partial charge in [0.15, 0.2) is 0 Å². The van der Waals surface area contributed by atoms with E-state index in [1.54, 1.807) is 24.5 Å². The third-order valence-electron chi connectivity index (χ3n) is 4.93. The van der Waals surface area contributed by atoms with E-state index in [9.17, 15) is 9.18 Å². The van der Waals surface area contributed by atoms with E-state index < -0.39 is 5.82 Å². The average molecular weight is 452 g/mol. The highest BCUT2D eigenvalue weighted by Crippen LogP contribution is 2.34. The molecular formula is C24H19ClFN3O3. The van der Waals surface area contributed by atoms with Crippen LogP contribution >= 0.6 is 11.6 Å². The lowest BCUT2D eigenvalue weighted by Crippen LogP contribution is -2.09. The van der Waals surface area contributed by atoms with Crippen molar-refractivity contribution < 1.29 is 18.7 Å².